The number of benzene rings is 1. The monoisotopic (exact) mass is 495 g/mol. The largest absolute Gasteiger partial charge is 0.465 e. The number of anilines is 1. The Kier molecular flexibility index (Phi) is 6.26. The fourth-order valence-corrected chi connectivity index (χ4v) is 6.27. The van der Waals surface area contributed by atoms with Crippen LogP contribution >= 0.6 is 23.1 Å². The molecule has 34 heavy (non-hydrogen) atoms. The molecule has 1 N–H and O–H groups in total. The van der Waals surface area contributed by atoms with E-state index in [0.717, 1.165) is 34.5 Å². The van der Waals surface area contributed by atoms with Crippen molar-refractivity contribution < 1.29 is 14.3 Å². The van der Waals surface area contributed by atoms with Crippen LogP contribution in [0.5, 0.6) is 0 Å². The molecular weight excluding hydrogens is 470 g/mol. The van der Waals surface area contributed by atoms with Gasteiger partial charge in [0.05, 0.1) is 23.8 Å². The van der Waals surface area contributed by atoms with Gasteiger partial charge in [-0.15, -0.1) is 21.5 Å². The lowest BCUT2D eigenvalue weighted by molar-refractivity contribution is -0.113. The van der Waals surface area contributed by atoms with Crippen molar-refractivity contribution in [2.24, 2.45) is 0 Å². The zero-order chi connectivity index (χ0) is 23.8. The van der Waals surface area contributed by atoms with Gasteiger partial charge in [0.2, 0.25) is 5.91 Å². The molecule has 0 saturated carbocycles. The van der Waals surface area contributed by atoms with E-state index in [9.17, 15) is 9.59 Å². The van der Waals surface area contributed by atoms with Gasteiger partial charge in [-0.1, -0.05) is 25.6 Å². The average molecular weight is 496 g/mol. The number of esters is 1. The normalized spacial score (nSPS) is 13.4. The number of ether oxygens (including phenoxy) is 1. The predicted molar refractivity (Wildman–Crippen MR) is 134 cm³/mol. The van der Waals surface area contributed by atoms with Crippen molar-refractivity contribution in [1.29, 1.82) is 0 Å². The van der Waals surface area contributed by atoms with Gasteiger partial charge in [-0.25, -0.2) is 9.78 Å². The molecule has 8 nitrogen and oxygen atoms in total. The summed E-state index contributed by atoms with van der Waals surface area (Å²) in [5.74, 6) is 0.691. The predicted octanol–water partition coefficient (Wildman–Crippen LogP) is 4.86. The Morgan fingerprint density at radius 2 is 1.94 bits per heavy atom. The molecule has 3 heterocycles. The fraction of sp³-hybridized carbons (Fsp3) is 0.375. The van der Waals surface area contributed by atoms with E-state index in [4.69, 9.17) is 9.72 Å². The summed E-state index contributed by atoms with van der Waals surface area (Å²) < 4.78 is 6.73. The molecule has 1 aliphatic rings. The number of methoxy groups -OCH3 is 1. The summed E-state index contributed by atoms with van der Waals surface area (Å²) in [6.45, 7) is 4.22. The Bertz CT molecular complexity index is 1390. The molecule has 0 radical (unpaired) electrons. The number of aryl methyl sites for hydroxylation is 2. The van der Waals surface area contributed by atoms with Crippen LogP contribution in [0.15, 0.2) is 29.4 Å². The molecule has 1 amide bonds. The van der Waals surface area contributed by atoms with Crippen molar-refractivity contribution in [1.82, 2.24) is 19.6 Å². The Balaban J connectivity index is 1.39. The third-order valence-corrected chi connectivity index (χ3v) is 8.01. The summed E-state index contributed by atoms with van der Waals surface area (Å²) in [7, 11) is 1.34. The number of nitrogens with zero attached hydrogens (tertiary/aromatic N) is 4. The number of nitrogens with one attached hydrogen (secondary N) is 1. The van der Waals surface area contributed by atoms with Crippen molar-refractivity contribution >= 4 is 56.5 Å². The van der Waals surface area contributed by atoms with Crippen molar-refractivity contribution in [3.8, 4) is 0 Å². The van der Waals surface area contributed by atoms with E-state index >= 15 is 0 Å². The molecule has 3 aromatic heterocycles. The molecule has 0 bridgehead atoms. The second-order valence-corrected chi connectivity index (χ2v) is 10.6. The number of hydrogen-bond acceptors (Lipinski definition) is 8. The Morgan fingerprint density at radius 1 is 1.18 bits per heavy atom. The maximum absolute atomic E-state index is 12.6. The van der Waals surface area contributed by atoms with Crippen LogP contribution in [0.1, 0.15) is 59.2 Å². The van der Waals surface area contributed by atoms with E-state index in [-0.39, 0.29) is 17.6 Å². The van der Waals surface area contributed by atoms with Gasteiger partial charge in [0, 0.05) is 16.5 Å². The quantitative estimate of drug-likeness (QED) is 0.301. The highest BCUT2D eigenvalue weighted by Crippen LogP contribution is 2.39. The molecule has 176 valence electrons. The van der Waals surface area contributed by atoms with E-state index in [1.165, 1.54) is 42.2 Å². The van der Waals surface area contributed by atoms with Gasteiger partial charge in [-0.3, -0.25) is 9.20 Å². The van der Waals surface area contributed by atoms with Crippen molar-refractivity contribution in [3.05, 3.63) is 46.1 Å². The second-order valence-electron chi connectivity index (χ2n) is 8.56. The van der Waals surface area contributed by atoms with Gasteiger partial charge in [-0.2, -0.15) is 0 Å². The maximum Gasteiger partial charge on any atom is 0.337 e. The number of fused-ring (bicyclic) bond motifs is 5. The molecule has 1 aromatic carbocycles. The van der Waals surface area contributed by atoms with E-state index in [1.807, 2.05) is 4.40 Å². The minimum absolute atomic E-state index is 0.166. The van der Waals surface area contributed by atoms with Crippen molar-refractivity contribution in [2.45, 2.75) is 50.6 Å². The third-order valence-electron chi connectivity index (χ3n) is 5.89. The van der Waals surface area contributed by atoms with Crippen LogP contribution in [0.3, 0.4) is 0 Å². The molecule has 0 unspecified atom stereocenters. The highest BCUT2D eigenvalue weighted by molar-refractivity contribution is 7.99. The van der Waals surface area contributed by atoms with Crippen LogP contribution in [-0.4, -0.2) is 44.3 Å². The zero-order valence-corrected chi connectivity index (χ0v) is 20.9. The lowest BCUT2D eigenvalue weighted by Gasteiger charge is -2.12. The van der Waals surface area contributed by atoms with E-state index in [0.29, 0.717) is 16.4 Å². The van der Waals surface area contributed by atoms with Crippen molar-refractivity contribution in [2.75, 3.05) is 18.2 Å². The minimum atomic E-state index is -0.414. The van der Waals surface area contributed by atoms with Crippen LogP contribution in [0.4, 0.5) is 5.69 Å². The summed E-state index contributed by atoms with van der Waals surface area (Å²) in [5, 5.41) is 13.6. The maximum atomic E-state index is 12.6. The van der Waals surface area contributed by atoms with Gasteiger partial charge in [0.1, 0.15) is 10.7 Å². The molecule has 0 atom stereocenters. The van der Waals surface area contributed by atoms with Crippen LogP contribution in [0, 0.1) is 0 Å². The van der Waals surface area contributed by atoms with Crippen LogP contribution in [-0.2, 0) is 22.4 Å². The van der Waals surface area contributed by atoms with Crippen LogP contribution in [0.2, 0.25) is 0 Å². The Morgan fingerprint density at radius 3 is 2.68 bits per heavy atom. The number of carbonyl (C=O) groups is 2. The Hall–Kier alpha value is -2.98. The van der Waals surface area contributed by atoms with Gasteiger partial charge >= 0.3 is 5.97 Å². The second kappa shape index (κ2) is 9.34. The molecule has 5 rings (SSSR count). The molecular formula is C24H25N5O3S2. The summed E-state index contributed by atoms with van der Waals surface area (Å²) in [6, 6.07) is 6.60. The highest BCUT2D eigenvalue weighted by atomic mass is 32.2. The average Bonchev–Trinajstić information content (AvgIpc) is 3.43. The first-order valence-electron chi connectivity index (χ1n) is 11.3. The summed E-state index contributed by atoms with van der Waals surface area (Å²) >= 11 is 3.13. The van der Waals surface area contributed by atoms with Gasteiger partial charge in [0.15, 0.2) is 10.8 Å². The summed E-state index contributed by atoms with van der Waals surface area (Å²) in [5.41, 5.74) is 3.26. The zero-order valence-electron chi connectivity index (χ0n) is 19.3. The van der Waals surface area contributed by atoms with E-state index < -0.39 is 5.97 Å². The topological polar surface area (TPSA) is 98.5 Å². The first-order valence-corrected chi connectivity index (χ1v) is 13.1. The SMILES string of the molecule is COC(=O)c1ccc(NC(=O)CSc2nnc3c4c5c(sc4nc(C(C)C)n23)CCCC5)cc1. The number of hydrogen-bond donors (Lipinski definition) is 1. The van der Waals surface area contributed by atoms with Gasteiger partial charge < -0.3 is 10.1 Å². The number of carbonyl (C=O) groups excluding carboxylic acids is 2. The van der Waals surface area contributed by atoms with Gasteiger partial charge in [0.25, 0.3) is 0 Å². The highest BCUT2D eigenvalue weighted by Gasteiger charge is 2.24. The molecule has 10 heteroatoms. The first-order chi connectivity index (χ1) is 16.5. The summed E-state index contributed by atoms with van der Waals surface area (Å²) in [4.78, 5) is 31.7. The van der Waals surface area contributed by atoms with E-state index in [1.54, 1.807) is 35.6 Å². The first kappa shape index (κ1) is 22.8. The Labute approximate surface area is 205 Å². The fourth-order valence-electron chi connectivity index (χ4n) is 4.27. The third kappa shape index (κ3) is 4.16. The molecule has 1 aliphatic carbocycles. The molecule has 0 aliphatic heterocycles. The van der Waals surface area contributed by atoms with E-state index in [2.05, 4.69) is 29.4 Å². The minimum Gasteiger partial charge on any atom is -0.465 e. The number of thiophene rings is 1. The molecule has 0 fully saturated rings. The standard InChI is InChI=1S/C24H25N5O3S2/c1-13(2)20-26-22-19(16-6-4-5-7-17(16)34-22)21-27-28-24(29(20)21)33-12-18(30)25-15-10-8-14(9-11-15)23(31)32-3/h8-11,13H,4-7,12H2,1-3H3,(H,25,30). The smallest absolute Gasteiger partial charge is 0.337 e. The number of rotatable bonds is 6. The van der Waals surface area contributed by atoms with Gasteiger partial charge in [-0.05, 0) is 55.5 Å². The van der Waals surface area contributed by atoms with Crippen molar-refractivity contribution in [3.63, 3.8) is 0 Å². The number of amides is 1. The summed E-state index contributed by atoms with van der Waals surface area (Å²) in [6.07, 6.45) is 4.57. The molecule has 4 aromatic rings. The number of thioether (sulfide) groups is 1. The lowest BCUT2D eigenvalue weighted by Crippen LogP contribution is -2.15. The molecule has 0 saturated heterocycles. The number of aromatic nitrogens is 4. The lowest BCUT2D eigenvalue weighted by atomic mass is 9.97. The van der Waals surface area contributed by atoms with Crippen LogP contribution < -0.4 is 5.32 Å². The van der Waals surface area contributed by atoms with Crippen LogP contribution in [0.25, 0.3) is 15.9 Å². The molecule has 0 spiro atoms.